The highest BCUT2D eigenvalue weighted by Gasteiger charge is 2.29. The minimum absolute atomic E-state index is 0.0218. The van der Waals surface area contributed by atoms with Crippen LogP contribution in [-0.2, 0) is 11.2 Å². The molecule has 5 nitrogen and oxygen atoms in total. The van der Waals surface area contributed by atoms with Crippen LogP contribution in [0.15, 0.2) is 18.2 Å². The molecule has 1 aliphatic rings. The molecule has 1 N–H and O–H groups in total. The van der Waals surface area contributed by atoms with Crippen molar-refractivity contribution in [3.63, 3.8) is 0 Å². The largest absolute Gasteiger partial charge is 0.478 e. The van der Waals surface area contributed by atoms with Crippen LogP contribution in [-0.4, -0.2) is 48.6 Å². The second-order valence-corrected chi connectivity index (χ2v) is 5.00. The Morgan fingerprint density at radius 3 is 2.63 bits per heavy atom. The van der Waals surface area contributed by atoms with Crippen LogP contribution in [0.5, 0.6) is 0 Å². The topological polar surface area (TPSA) is 60.9 Å². The van der Waals surface area contributed by atoms with Crippen LogP contribution in [0.25, 0.3) is 0 Å². The number of anilines is 1. The maximum atomic E-state index is 12.0. The Kier molecular flexibility index (Phi) is 3.46. The second kappa shape index (κ2) is 4.91. The number of carbonyl (C=O) groups is 2. The molecule has 102 valence electrons. The van der Waals surface area contributed by atoms with Gasteiger partial charge in [0.1, 0.15) is 6.04 Å². The van der Waals surface area contributed by atoms with Crippen molar-refractivity contribution in [3.8, 4) is 0 Å². The molecule has 0 fully saturated rings. The predicted molar refractivity (Wildman–Crippen MR) is 72.6 cm³/mol. The molecule has 1 unspecified atom stereocenters. The molecule has 2 rings (SSSR count). The summed E-state index contributed by atoms with van der Waals surface area (Å²) in [5, 5.41) is 9.04. The molecule has 0 saturated carbocycles. The third kappa shape index (κ3) is 2.41. The van der Waals surface area contributed by atoms with Gasteiger partial charge in [-0.3, -0.25) is 4.79 Å². The number of carboxylic acid groups (broad SMARTS) is 1. The average molecular weight is 262 g/mol. The van der Waals surface area contributed by atoms with Crippen LogP contribution in [0.1, 0.15) is 22.8 Å². The third-order valence-electron chi connectivity index (χ3n) is 3.53. The van der Waals surface area contributed by atoms with Crippen molar-refractivity contribution >= 4 is 17.6 Å². The Bertz CT molecular complexity index is 525. The van der Waals surface area contributed by atoms with Crippen LogP contribution in [0.4, 0.5) is 5.69 Å². The summed E-state index contributed by atoms with van der Waals surface area (Å²) in [7, 11) is 3.45. The normalized spacial score (nSPS) is 15.0. The van der Waals surface area contributed by atoms with Gasteiger partial charge in [-0.2, -0.15) is 0 Å². The molecule has 0 aromatic heterocycles. The van der Waals surface area contributed by atoms with E-state index in [-0.39, 0.29) is 17.5 Å². The highest BCUT2D eigenvalue weighted by Crippen LogP contribution is 2.31. The number of likely N-dealkylation sites (N-methyl/N-ethyl adjacent to an activating group) is 1. The van der Waals surface area contributed by atoms with Crippen molar-refractivity contribution < 1.29 is 14.7 Å². The molecular weight excluding hydrogens is 244 g/mol. The van der Waals surface area contributed by atoms with E-state index < -0.39 is 5.97 Å². The SMILES string of the molecule is CC(C(=O)N(C)C)N1CCc2ccc(C(=O)O)cc21. The number of aromatic carboxylic acids is 1. The number of hydrogen-bond donors (Lipinski definition) is 1. The van der Waals surface area contributed by atoms with Crippen LogP contribution in [0, 0.1) is 0 Å². The number of nitrogens with zero attached hydrogens (tertiary/aromatic N) is 2. The van der Waals surface area contributed by atoms with E-state index in [1.165, 1.54) is 0 Å². The van der Waals surface area contributed by atoms with E-state index in [1.54, 1.807) is 31.1 Å². The summed E-state index contributed by atoms with van der Waals surface area (Å²) in [5.41, 5.74) is 2.22. The van der Waals surface area contributed by atoms with Crippen molar-refractivity contribution in [2.75, 3.05) is 25.5 Å². The third-order valence-corrected chi connectivity index (χ3v) is 3.53. The lowest BCUT2D eigenvalue weighted by Gasteiger charge is -2.28. The molecule has 5 heteroatoms. The van der Waals surface area contributed by atoms with E-state index in [0.717, 1.165) is 24.2 Å². The average Bonchev–Trinajstić information content (AvgIpc) is 2.79. The van der Waals surface area contributed by atoms with Crippen molar-refractivity contribution in [2.24, 2.45) is 0 Å². The van der Waals surface area contributed by atoms with E-state index in [9.17, 15) is 9.59 Å². The maximum Gasteiger partial charge on any atom is 0.335 e. The summed E-state index contributed by atoms with van der Waals surface area (Å²) in [5.74, 6) is -0.921. The smallest absolute Gasteiger partial charge is 0.335 e. The minimum Gasteiger partial charge on any atom is -0.478 e. The summed E-state index contributed by atoms with van der Waals surface area (Å²) < 4.78 is 0. The van der Waals surface area contributed by atoms with Gasteiger partial charge in [0.15, 0.2) is 0 Å². The number of fused-ring (bicyclic) bond motifs is 1. The van der Waals surface area contributed by atoms with Gasteiger partial charge in [-0.15, -0.1) is 0 Å². The molecule has 0 radical (unpaired) electrons. The summed E-state index contributed by atoms with van der Waals surface area (Å²) >= 11 is 0. The fourth-order valence-corrected chi connectivity index (χ4v) is 2.45. The van der Waals surface area contributed by atoms with E-state index in [0.29, 0.717) is 0 Å². The van der Waals surface area contributed by atoms with Crippen molar-refractivity contribution in [3.05, 3.63) is 29.3 Å². The molecule has 0 saturated heterocycles. The van der Waals surface area contributed by atoms with Gasteiger partial charge in [0.2, 0.25) is 5.91 Å². The molecule has 1 aromatic carbocycles. The van der Waals surface area contributed by atoms with Crippen LogP contribution < -0.4 is 4.90 Å². The van der Waals surface area contributed by atoms with Gasteiger partial charge in [-0.1, -0.05) is 6.07 Å². The molecule has 1 heterocycles. The first-order chi connectivity index (χ1) is 8.91. The zero-order chi connectivity index (χ0) is 14.2. The number of rotatable bonds is 3. The summed E-state index contributed by atoms with van der Waals surface area (Å²) in [6, 6.07) is 4.83. The zero-order valence-corrected chi connectivity index (χ0v) is 11.4. The lowest BCUT2D eigenvalue weighted by molar-refractivity contribution is -0.129. The standard InChI is InChI=1S/C14H18N2O3/c1-9(13(17)15(2)3)16-7-6-10-4-5-11(14(18)19)8-12(10)16/h4-5,8-9H,6-7H2,1-3H3,(H,18,19). The molecule has 0 bridgehead atoms. The first-order valence-corrected chi connectivity index (χ1v) is 6.26. The Balaban J connectivity index is 2.32. The molecule has 0 spiro atoms. The van der Waals surface area contributed by atoms with Crippen molar-refractivity contribution in [1.29, 1.82) is 0 Å². The minimum atomic E-state index is -0.943. The predicted octanol–water partition coefficient (Wildman–Crippen LogP) is 1.22. The Morgan fingerprint density at radius 2 is 2.05 bits per heavy atom. The molecule has 1 aromatic rings. The Hall–Kier alpha value is -2.04. The summed E-state index contributed by atoms with van der Waals surface area (Å²) in [4.78, 5) is 26.6. The van der Waals surface area contributed by atoms with E-state index in [4.69, 9.17) is 5.11 Å². The van der Waals surface area contributed by atoms with Crippen LogP contribution in [0.2, 0.25) is 0 Å². The number of carboxylic acids is 1. The molecule has 1 aliphatic heterocycles. The zero-order valence-electron chi connectivity index (χ0n) is 11.4. The van der Waals surface area contributed by atoms with E-state index in [1.807, 2.05) is 17.9 Å². The molecule has 1 amide bonds. The van der Waals surface area contributed by atoms with E-state index >= 15 is 0 Å². The Morgan fingerprint density at radius 1 is 1.37 bits per heavy atom. The van der Waals surface area contributed by atoms with Crippen molar-refractivity contribution in [1.82, 2.24) is 4.90 Å². The lowest BCUT2D eigenvalue weighted by Crippen LogP contribution is -2.44. The quantitative estimate of drug-likeness (QED) is 0.890. The van der Waals surface area contributed by atoms with Crippen LogP contribution >= 0.6 is 0 Å². The fourth-order valence-electron chi connectivity index (χ4n) is 2.45. The number of benzene rings is 1. The van der Waals surface area contributed by atoms with Gasteiger partial charge in [-0.25, -0.2) is 4.79 Å². The molecule has 1 atom stereocenters. The molecule has 0 aliphatic carbocycles. The van der Waals surface area contributed by atoms with Gasteiger partial charge in [0, 0.05) is 26.3 Å². The van der Waals surface area contributed by atoms with Gasteiger partial charge < -0.3 is 14.9 Å². The lowest BCUT2D eigenvalue weighted by atomic mass is 10.1. The maximum absolute atomic E-state index is 12.0. The summed E-state index contributed by atoms with van der Waals surface area (Å²) in [6.07, 6.45) is 0.848. The number of amides is 1. The van der Waals surface area contributed by atoms with Gasteiger partial charge in [0.25, 0.3) is 0 Å². The summed E-state index contributed by atoms with van der Waals surface area (Å²) in [6.45, 7) is 2.60. The molecule has 19 heavy (non-hydrogen) atoms. The highest BCUT2D eigenvalue weighted by atomic mass is 16.4. The monoisotopic (exact) mass is 262 g/mol. The van der Waals surface area contributed by atoms with Crippen molar-refractivity contribution in [2.45, 2.75) is 19.4 Å². The number of hydrogen-bond acceptors (Lipinski definition) is 3. The molecular formula is C14H18N2O3. The van der Waals surface area contributed by atoms with Gasteiger partial charge in [0.05, 0.1) is 5.56 Å². The second-order valence-electron chi connectivity index (χ2n) is 5.00. The van der Waals surface area contributed by atoms with Gasteiger partial charge in [-0.05, 0) is 31.0 Å². The first kappa shape index (κ1) is 13.4. The fraction of sp³-hybridized carbons (Fsp3) is 0.429. The van der Waals surface area contributed by atoms with Gasteiger partial charge >= 0.3 is 5.97 Å². The van der Waals surface area contributed by atoms with E-state index in [2.05, 4.69) is 0 Å². The first-order valence-electron chi connectivity index (χ1n) is 6.26. The van der Waals surface area contributed by atoms with Crippen LogP contribution in [0.3, 0.4) is 0 Å². The highest BCUT2D eigenvalue weighted by molar-refractivity contribution is 5.91. The Labute approximate surface area is 112 Å². The number of carbonyl (C=O) groups excluding carboxylic acids is 1.